The van der Waals surface area contributed by atoms with Crippen molar-refractivity contribution in [3.63, 3.8) is 0 Å². The summed E-state index contributed by atoms with van der Waals surface area (Å²) in [6.07, 6.45) is -4.43. The normalized spacial score (nSPS) is 11.3. The van der Waals surface area contributed by atoms with E-state index in [1.54, 1.807) is 24.3 Å². The summed E-state index contributed by atoms with van der Waals surface area (Å²) < 4.78 is 61.6. The van der Waals surface area contributed by atoms with Crippen LogP contribution < -0.4 is 0 Å². The van der Waals surface area contributed by atoms with Crippen LogP contribution in [-0.4, -0.2) is 14.1 Å². The zero-order valence-corrected chi connectivity index (χ0v) is 15.0. The molecule has 0 saturated carbocycles. The number of rotatable bonds is 4. The van der Waals surface area contributed by atoms with Crippen molar-refractivity contribution in [3.8, 4) is 0 Å². The summed E-state index contributed by atoms with van der Waals surface area (Å²) in [5.41, 5.74) is 0.122. The second kappa shape index (κ2) is 9.93. The highest BCUT2D eigenvalue weighted by atomic mass is 35.5. The van der Waals surface area contributed by atoms with Gasteiger partial charge in [0.05, 0.1) is 11.3 Å². The Balaban J connectivity index is 0.000000765. The summed E-state index contributed by atoms with van der Waals surface area (Å²) in [5, 5.41) is 4.28. The van der Waals surface area contributed by atoms with Crippen LogP contribution in [0.15, 0.2) is 53.7 Å². The van der Waals surface area contributed by atoms with Gasteiger partial charge in [-0.2, -0.15) is 26.4 Å². The van der Waals surface area contributed by atoms with E-state index in [0.717, 1.165) is 6.07 Å². The monoisotopic (exact) mass is 406 g/mol. The molecule has 0 aromatic heterocycles. The van der Waals surface area contributed by atoms with Crippen LogP contribution in [0.4, 0.5) is 13.2 Å². The highest BCUT2D eigenvalue weighted by Gasteiger charge is 2.33. The van der Waals surface area contributed by atoms with Crippen LogP contribution in [0.25, 0.3) is 0 Å². The van der Waals surface area contributed by atoms with Gasteiger partial charge in [-0.15, -0.1) is 0 Å². The fraction of sp³-hybridized carbons (Fsp3) is 0.188. The minimum Gasteiger partial charge on any atom is -0.391 e. The fourth-order valence-electron chi connectivity index (χ4n) is 1.91. The van der Waals surface area contributed by atoms with Crippen LogP contribution in [0.5, 0.6) is 0 Å². The number of nitrogens with one attached hydrogen (secondary N) is 1. The largest absolute Gasteiger partial charge is 0.417 e. The van der Waals surface area contributed by atoms with Crippen LogP contribution in [-0.2, 0) is 28.1 Å². The van der Waals surface area contributed by atoms with E-state index in [0.29, 0.717) is 10.6 Å². The number of alkyl halides is 3. The van der Waals surface area contributed by atoms with Gasteiger partial charge in [-0.3, -0.25) is 0 Å². The molecule has 0 spiro atoms. The maximum Gasteiger partial charge on any atom is 0.417 e. The molecule has 2 aromatic carbocycles. The highest BCUT2D eigenvalue weighted by molar-refractivity contribution is 7.60. The Hall–Kier alpha value is -2.39. The third-order valence-corrected chi connectivity index (χ3v) is 3.37. The fourth-order valence-corrected chi connectivity index (χ4v) is 2.10. The molecule has 0 atom stereocenters. The molecule has 0 fully saturated rings. The predicted molar refractivity (Wildman–Crippen MR) is 91.5 cm³/mol. The Labute approximate surface area is 154 Å². The second-order valence-corrected chi connectivity index (χ2v) is 5.70. The van der Waals surface area contributed by atoms with Gasteiger partial charge in [0, 0.05) is 16.1 Å². The number of nitrogens with zero attached hydrogens (tertiary/aromatic N) is 1. The number of hydrogen-bond acceptors (Lipinski definition) is 5. The van der Waals surface area contributed by atoms with Crippen LogP contribution >= 0.6 is 11.6 Å². The van der Waals surface area contributed by atoms with E-state index in [-0.39, 0.29) is 17.9 Å². The van der Waals surface area contributed by atoms with Crippen molar-refractivity contribution in [2.75, 3.05) is 0 Å². The molecule has 0 radical (unpaired) electrons. The van der Waals surface area contributed by atoms with E-state index in [1.165, 1.54) is 25.1 Å². The zero-order valence-electron chi connectivity index (χ0n) is 13.4. The van der Waals surface area contributed by atoms with Crippen LogP contribution in [0, 0.1) is 4.78 Å². The van der Waals surface area contributed by atoms with Crippen molar-refractivity contribution in [2.45, 2.75) is 19.7 Å². The number of hydrogen-bond donors (Lipinski definition) is 1. The van der Waals surface area contributed by atoms with Gasteiger partial charge in [0.15, 0.2) is 0 Å². The van der Waals surface area contributed by atoms with E-state index >= 15 is 0 Å². The van der Waals surface area contributed by atoms with Crippen LogP contribution in [0.1, 0.15) is 23.6 Å². The van der Waals surface area contributed by atoms with E-state index in [1.807, 2.05) is 0 Å². The molecule has 0 aliphatic carbocycles. The molecule has 0 saturated heterocycles. The molecule has 0 aliphatic rings. The molecule has 2 rings (SSSR count). The Morgan fingerprint density at radius 2 is 1.69 bits per heavy atom. The van der Waals surface area contributed by atoms with Gasteiger partial charge < -0.3 is 4.84 Å². The highest BCUT2D eigenvalue weighted by Crippen LogP contribution is 2.32. The molecular formula is C16H14ClF3N2O3S. The van der Waals surface area contributed by atoms with Gasteiger partial charge in [-0.1, -0.05) is 53.2 Å². The summed E-state index contributed by atoms with van der Waals surface area (Å²) in [5.74, 6) is 0. The van der Waals surface area contributed by atoms with Gasteiger partial charge in [0.2, 0.25) is 0 Å². The minimum atomic E-state index is -4.43. The average Bonchev–Trinajstić information content (AvgIpc) is 2.55. The van der Waals surface area contributed by atoms with Crippen molar-refractivity contribution >= 4 is 27.8 Å². The van der Waals surface area contributed by atoms with Gasteiger partial charge in [0.25, 0.3) is 0 Å². The predicted octanol–water partition coefficient (Wildman–Crippen LogP) is 4.93. The summed E-state index contributed by atoms with van der Waals surface area (Å²) in [6.45, 7) is 1.56. The minimum absolute atomic E-state index is 0.00541. The molecule has 0 aliphatic heterocycles. The standard InChI is InChI=1S/C16H13ClF3NO.HNO2S/c1-11(13-7-3-4-8-14(13)16(18,19)20)21-22-10-12-6-2-5-9-15(12)17;1-4(2)3/h2-9H,10H2,1H3;1H/b21-11+;. The molecule has 26 heavy (non-hydrogen) atoms. The summed E-state index contributed by atoms with van der Waals surface area (Å²) >= 11 is 5.96. The molecule has 0 unspecified atom stereocenters. The lowest BCUT2D eigenvalue weighted by atomic mass is 10.0. The molecule has 0 heterocycles. The lowest BCUT2D eigenvalue weighted by Crippen LogP contribution is -2.12. The molecule has 2 aromatic rings. The van der Waals surface area contributed by atoms with Crippen molar-refractivity contribution in [1.82, 2.24) is 0 Å². The lowest BCUT2D eigenvalue weighted by molar-refractivity contribution is -0.137. The molecule has 0 amide bonds. The first kappa shape index (κ1) is 21.7. The zero-order chi connectivity index (χ0) is 19.7. The maximum atomic E-state index is 12.9. The first-order valence-corrected chi connectivity index (χ1v) is 8.45. The number of halogens is 4. The molecule has 0 bridgehead atoms. The van der Waals surface area contributed by atoms with Gasteiger partial charge in [-0.05, 0) is 19.1 Å². The van der Waals surface area contributed by atoms with Gasteiger partial charge >= 0.3 is 16.7 Å². The second-order valence-electron chi connectivity index (χ2n) is 4.82. The number of oxime groups is 1. The summed E-state index contributed by atoms with van der Waals surface area (Å²) in [7, 11) is -2.61. The Morgan fingerprint density at radius 3 is 2.27 bits per heavy atom. The third kappa shape index (κ3) is 7.24. The quantitative estimate of drug-likeness (QED) is 0.577. The smallest absolute Gasteiger partial charge is 0.391 e. The maximum absolute atomic E-state index is 12.9. The summed E-state index contributed by atoms with van der Waals surface area (Å²) in [6, 6.07) is 12.3. The third-order valence-electron chi connectivity index (χ3n) is 3.00. The van der Waals surface area contributed by atoms with Crippen molar-refractivity contribution in [2.24, 2.45) is 5.16 Å². The molecular weight excluding hydrogens is 393 g/mol. The van der Waals surface area contributed by atoms with E-state index in [4.69, 9.17) is 29.6 Å². The molecule has 140 valence electrons. The molecule has 1 N–H and O–H groups in total. The van der Waals surface area contributed by atoms with E-state index in [2.05, 4.69) is 5.16 Å². The molecule has 5 nitrogen and oxygen atoms in total. The van der Waals surface area contributed by atoms with E-state index < -0.39 is 22.2 Å². The Morgan fingerprint density at radius 1 is 1.15 bits per heavy atom. The first-order chi connectivity index (χ1) is 12.1. The van der Waals surface area contributed by atoms with Gasteiger partial charge in [-0.25, -0.2) is 0 Å². The molecule has 10 heteroatoms. The average molecular weight is 407 g/mol. The van der Waals surface area contributed by atoms with Gasteiger partial charge in [0.1, 0.15) is 6.61 Å². The summed E-state index contributed by atoms with van der Waals surface area (Å²) in [4.78, 5) is 5.12. The SMILES string of the molecule is C/C(=N\OCc1ccccc1Cl)c1ccccc1C(F)(F)F.N=S(=O)=O. The van der Waals surface area contributed by atoms with Crippen molar-refractivity contribution < 1.29 is 26.4 Å². The van der Waals surface area contributed by atoms with Crippen molar-refractivity contribution in [1.29, 1.82) is 4.78 Å². The Bertz CT molecular complexity index is 878. The van der Waals surface area contributed by atoms with Crippen molar-refractivity contribution in [3.05, 3.63) is 70.2 Å². The van der Waals surface area contributed by atoms with Crippen LogP contribution in [0.3, 0.4) is 0 Å². The Kier molecular flexibility index (Phi) is 8.27. The first-order valence-electron chi connectivity index (χ1n) is 7.00. The number of benzene rings is 2. The van der Waals surface area contributed by atoms with E-state index in [9.17, 15) is 13.2 Å². The topological polar surface area (TPSA) is 79.6 Å². The lowest BCUT2D eigenvalue weighted by Gasteiger charge is -2.12. The van der Waals surface area contributed by atoms with Crippen LogP contribution in [0.2, 0.25) is 5.02 Å².